The molecule has 0 aliphatic heterocycles. The number of thiophene rings is 1. The lowest BCUT2D eigenvalue weighted by molar-refractivity contribution is 0.0697. The van der Waals surface area contributed by atoms with E-state index < -0.39 is 5.97 Å². The summed E-state index contributed by atoms with van der Waals surface area (Å²) in [6.07, 6.45) is 0. The van der Waals surface area contributed by atoms with E-state index in [0.29, 0.717) is 11.3 Å². The molecule has 0 unspecified atom stereocenters. The number of hydrogen-bond acceptors (Lipinski definition) is 4. The molecule has 0 radical (unpaired) electrons. The molecule has 1 aromatic carbocycles. The van der Waals surface area contributed by atoms with Gasteiger partial charge in [0.2, 0.25) is 0 Å². The van der Waals surface area contributed by atoms with Crippen molar-refractivity contribution < 1.29 is 14.3 Å². The predicted molar refractivity (Wildman–Crippen MR) is 72.8 cm³/mol. The third-order valence-corrected chi connectivity index (χ3v) is 3.62. The third kappa shape index (κ3) is 2.04. The highest BCUT2D eigenvalue weighted by Gasteiger charge is 2.10. The Morgan fingerprint density at radius 1 is 1.21 bits per heavy atom. The van der Waals surface area contributed by atoms with Crippen LogP contribution in [0.25, 0.3) is 21.6 Å². The lowest BCUT2D eigenvalue weighted by Gasteiger charge is -2.01. The number of fused-ring (bicyclic) bond motifs is 1. The van der Waals surface area contributed by atoms with Crippen molar-refractivity contribution in [3.63, 3.8) is 0 Å². The highest BCUT2D eigenvalue weighted by atomic mass is 32.1. The fourth-order valence-corrected chi connectivity index (χ4v) is 2.51. The molecular weight excluding hydrogens is 264 g/mol. The summed E-state index contributed by atoms with van der Waals surface area (Å²) in [5.41, 5.74) is 0.220. The van der Waals surface area contributed by atoms with E-state index in [9.17, 15) is 9.59 Å². The molecular formula is C14H8O4S. The van der Waals surface area contributed by atoms with E-state index in [0.717, 1.165) is 4.88 Å². The van der Waals surface area contributed by atoms with Gasteiger partial charge in [-0.25, -0.2) is 4.79 Å². The lowest BCUT2D eigenvalue weighted by atomic mass is 10.1. The van der Waals surface area contributed by atoms with Crippen molar-refractivity contribution in [1.82, 2.24) is 0 Å². The summed E-state index contributed by atoms with van der Waals surface area (Å²) in [4.78, 5) is 23.8. The normalized spacial score (nSPS) is 10.7. The fourth-order valence-electron chi connectivity index (χ4n) is 1.83. The van der Waals surface area contributed by atoms with Crippen molar-refractivity contribution >= 4 is 28.3 Å². The summed E-state index contributed by atoms with van der Waals surface area (Å²) < 4.78 is 5.64. The third-order valence-electron chi connectivity index (χ3n) is 2.74. The molecule has 0 saturated carbocycles. The van der Waals surface area contributed by atoms with Crippen LogP contribution in [-0.4, -0.2) is 11.1 Å². The van der Waals surface area contributed by atoms with Crippen LogP contribution in [0.5, 0.6) is 0 Å². The van der Waals surface area contributed by atoms with Crippen molar-refractivity contribution in [2.45, 2.75) is 0 Å². The highest BCUT2D eigenvalue weighted by molar-refractivity contribution is 7.13. The Morgan fingerprint density at radius 2 is 2.05 bits per heavy atom. The van der Waals surface area contributed by atoms with Crippen LogP contribution in [0.15, 0.2) is 51.0 Å². The Balaban J connectivity index is 2.26. The van der Waals surface area contributed by atoms with Crippen LogP contribution in [-0.2, 0) is 0 Å². The first kappa shape index (κ1) is 11.7. The van der Waals surface area contributed by atoms with E-state index in [1.54, 1.807) is 0 Å². The van der Waals surface area contributed by atoms with E-state index in [2.05, 4.69) is 0 Å². The van der Waals surface area contributed by atoms with Crippen molar-refractivity contribution in [2.24, 2.45) is 0 Å². The average molecular weight is 272 g/mol. The predicted octanol–water partition coefficient (Wildman–Crippen LogP) is 3.22. The fraction of sp³-hybridized carbons (Fsp3) is 0. The summed E-state index contributed by atoms with van der Waals surface area (Å²) in [6.45, 7) is 0. The highest BCUT2D eigenvalue weighted by Crippen LogP contribution is 2.26. The second kappa shape index (κ2) is 4.37. The molecule has 0 saturated heterocycles. The van der Waals surface area contributed by atoms with Crippen LogP contribution in [0, 0.1) is 0 Å². The van der Waals surface area contributed by atoms with E-state index in [4.69, 9.17) is 9.52 Å². The summed E-state index contributed by atoms with van der Waals surface area (Å²) in [5.74, 6) is -0.570. The van der Waals surface area contributed by atoms with E-state index in [1.807, 2.05) is 17.5 Å². The van der Waals surface area contributed by atoms with Crippen LogP contribution in [0.2, 0.25) is 0 Å². The van der Waals surface area contributed by atoms with E-state index >= 15 is 0 Å². The zero-order valence-electron chi connectivity index (χ0n) is 9.62. The first-order valence-electron chi connectivity index (χ1n) is 5.50. The molecule has 0 bridgehead atoms. The van der Waals surface area contributed by atoms with E-state index in [1.165, 1.54) is 35.6 Å². The zero-order chi connectivity index (χ0) is 13.4. The largest absolute Gasteiger partial charge is 0.478 e. The molecule has 0 fully saturated rings. The number of benzene rings is 1. The number of carboxylic acids is 1. The minimum absolute atomic E-state index is 0.0728. The molecule has 0 aliphatic rings. The monoisotopic (exact) mass is 272 g/mol. The molecule has 2 heterocycles. The van der Waals surface area contributed by atoms with Crippen LogP contribution < -0.4 is 5.43 Å². The number of aromatic carboxylic acids is 1. The van der Waals surface area contributed by atoms with Gasteiger partial charge in [0.05, 0.1) is 15.8 Å². The smallest absolute Gasteiger partial charge is 0.335 e. The SMILES string of the molecule is O=C(O)c1ccc2oc(-c3cccs3)cc(=O)c2c1. The van der Waals surface area contributed by atoms with Gasteiger partial charge in [0.25, 0.3) is 0 Å². The minimum atomic E-state index is -1.07. The van der Waals surface area contributed by atoms with Gasteiger partial charge in [-0.05, 0) is 29.6 Å². The Labute approximate surface area is 111 Å². The molecule has 0 atom stereocenters. The second-order valence-corrected chi connectivity index (χ2v) is 4.92. The average Bonchev–Trinajstić information content (AvgIpc) is 2.92. The first-order chi connectivity index (χ1) is 9.15. The molecule has 19 heavy (non-hydrogen) atoms. The molecule has 4 nitrogen and oxygen atoms in total. The van der Waals surface area contributed by atoms with Crippen LogP contribution in [0.1, 0.15) is 10.4 Å². The van der Waals surface area contributed by atoms with Crippen molar-refractivity contribution in [2.75, 3.05) is 0 Å². The van der Waals surface area contributed by atoms with Gasteiger partial charge in [0.15, 0.2) is 5.43 Å². The molecule has 5 heteroatoms. The van der Waals surface area contributed by atoms with Gasteiger partial charge in [-0.1, -0.05) is 6.07 Å². The maximum Gasteiger partial charge on any atom is 0.335 e. The van der Waals surface area contributed by atoms with Crippen molar-refractivity contribution in [3.05, 3.63) is 57.6 Å². The number of carboxylic acid groups (broad SMARTS) is 1. The topological polar surface area (TPSA) is 67.5 Å². The quantitative estimate of drug-likeness (QED) is 0.777. The van der Waals surface area contributed by atoms with Crippen LogP contribution in [0.4, 0.5) is 0 Å². The van der Waals surface area contributed by atoms with Gasteiger partial charge in [-0.3, -0.25) is 4.79 Å². The summed E-state index contributed by atoms with van der Waals surface area (Å²) >= 11 is 1.47. The van der Waals surface area contributed by atoms with Gasteiger partial charge in [-0.2, -0.15) is 0 Å². The Morgan fingerprint density at radius 3 is 2.74 bits per heavy atom. The number of rotatable bonds is 2. The van der Waals surface area contributed by atoms with Gasteiger partial charge >= 0.3 is 5.97 Å². The summed E-state index contributed by atoms with van der Waals surface area (Å²) in [5, 5.41) is 11.1. The summed E-state index contributed by atoms with van der Waals surface area (Å²) in [6, 6.07) is 9.39. The number of carbonyl (C=O) groups is 1. The lowest BCUT2D eigenvalue weighted by Crippen LogP contribution is -2.03. The molecule has 1 N–H and O–H groups in total. The van der Waals surface area contributed by atoms with E-state index in [-0.39, 0.29) is 16.4 Å². The molecule has 2 aromatic heterocycles. The van der Waals surface area contributed by atoms with Crippen LogP contribution >= 0.6 is 11.3 Å². The van der Waals surface area contributed by atoms with Crippen molar-refractivity contribution in [1.29, 1.82) is 0 Å². The standard InChI is InChI=1S/C14H8O4S/c15-10-7-12(13-2-1-5-19-13)18-11-4-3-8(14(16)17)6-9(10)11/h1-7H,(H,16,17). The van der Waals surface area contributed by atoms with Gasteiger partial charge in [0.1, 0.15) is 11.3 Å². The maximum atomic E-state index is 12.0. The Hall–Kier alpha value is -2.40. The van der Waals surface area contributed by atoms with Gasteiger partial charge in [-0.15, -0.1) is 11.3 Å². The molecule has 0 spiro atoms. The molecule has 0 aliphatic carbocycles. The molecule has 3 aromatic rings. The van der Waals surface area contributed by atoms with Gasteiger partial charge in [0, 0.05) is 6.07 Å². The van der Waals surface area contributed by atoms with Crippen molar-refractivity contribution in [3.8, 4) is 10.6 Å². The maximum absolute atomic E-state index is 12.0. The molecule has 3 rings (SSSR count). The zero-order valence-corrected chi connectivity index (χ0v) is 10.4. The first-order valence-corrected chi connectivity index (χ1v) is 6.38. The Bertz CT molecular complexity index is 815. The molecule has 0 amide bonds. The Kier molecular flexibility index (Phi) is 2.68. The summed E-state index contributed by atoms with van der Waals surface area (Å²) in [7, 11) is 0. The van der Waals surface area contributed by atoms with Crippen LogP contribution in [0.3, 0.4) is 0 Å². The molecule has 94 valence electrons. The second-order valence-electron chi connectivity index (χ2n) is 3.97. The number of hydrogen-bond donors (Lipinski definition) is 1. The minimum Gasteiger partial charge on any atom is -0.478 e. The van der Waals surface area contributed by atoms with Gasteiger partial charge < -0.3 is 9.52 Å².